The minimum absolute atomic E-state index is 0.307. The third-order valence-electron chi connectivity index (χ3n) is 3.98. The lowest BCUT2D eigenvalue weighted by molar-refractivity contribution is 0.382. The molecule has 0 aliphatic heterocycles. The van der Waals surface area contributed by atoms with E-state index >= 15 is 0 Å². The Hall–Kier alpha value is -1.29. The third kappa shape index (κ3) is 2.88. The van der Waals surface area contributed by atoms with E-state index in [1.165, 1.54) is 24.0 Å². The Morgan fingerprint density at radius 3 is 2.12 bits per heavy atom. The van der Waals surface area contributed by atoms with Crippen LogP contribution in [0.2, 0.25) is 0 Å². The van der Waals surface area contributed by atoms with Gasteiger partial charge >= 0.3 is 0 Å². The van der Waals surface area contributed by atoms with Crippen LogP contribution < -0.4 is 0 Å². The van der Waals surface area contributed by atoms with Crippen LogP contribution in [0.15, 0.2) is 24.3 Å². The lowest BCUT2D eigenvalue weighted by Crippen LogP contribution is -2.11. The van der Waals surface area contributed by atoms with Crippen LogP contribution in [0.1, 0.15) is 62.5 Å². The average molecular weight is 227 g/mol. The van der Waals surface area contributed by atoms with Gasteiger partial charge < -0.3 is 0 Å². The molecule has 1 saturated carbocycles. The van der Waals surface area contributed by atoms with Crippen LogP contribution in [0, 0.1) is 17.2 Å². The molecule has 1 aromatic carbocycles. The second kappa shape index (κ2) is 5.36. The van der Waals surface area contributed by atoms with Gasteiger partial charge in [0.05, 0.1) is 6.07 Å². The summed E-state index contributed by atoms with van der Waals surface area (Å²) >= 11 is 0. The molecular weight excluding hydrogens is 206 g/mol. The van der Waals surface area contributed by atoms with Crippen molar-refractivity contribution in [3.63, 3.8) is 0 Å². The molecule has 0 bridgehead atoms. The predicted octanol–water partition coefficient (Wildman–Crippen LogP) is 4.61. The molecular formula is C16H21N. The highest BCUT2D eigenvalue weighted by Crippen LogP contribution is 2.35. The van der Waals surface area contributed by atoms with Crippen LogP contribution in [-0.2, 0) is 0 Å². The van der Waals surface area contributed by atoms with Crippen molar-refractivity contribution in [1.82, 2.24) is 0 Å². The monoisotopic (exact) mass is 227 g/mol. The number of hydrogen-bond acceptors (Lipinski definition) is 1. The van der Waals surface area contributed by atoms with E-state index in [2.05, 4.69) is 44.2 Å². The van der Waals surface area contributed by atoms with Crippen molar-refractivity contribution in [3.8, 4) is 6.07 Å². The van der Waals surface area contributed by atoms with Gasteiger partial charge in [0.25, 0.3) is 0 Å². The molecule has 1 aromatic rings. The molecule has 0 spiro atoms. The highest BCUT2D eigenvalue weighted by atomic mass is 14.3. The SMILES string of the molecule is CC(C)c1ccc(C2CCC(C#N)CC2)cc1. The molecule has 17 heavy (non-hydrogen) atoms. The topological polar surface area (TPSA) is 23.8 Å². The summed E-state index contributed by atoms with van der Waals surface area (Å²) in [6.45, 7) is 4.46. The molecule has 0 radical (unpaired) electrons. The Morgan fingerprint density at radius 2 is 1.65 bits per heavy atom. The number of benzene rings is 1. The Kier molecular flexibility index (Phi) is 3.84. The van der Waals surface area contributed by atoms with Crippen LogP contribution in [0.3, 0.4) is 0 Å². The molecule has 0 unspecified atom stereocenters. The quantitative estimate of drug-likeness (QED) is 0.724. The lowest BCUT2D eigenvalue weighted by Gasteiger charge is -2.25. The van der Waals surface area contributed by atoms with Gasteiger partial charge in [0.2, 0.25) is 0 Å². The highest BCUT2D eigenvalue weighted by Gasteiger charge is 2.21. The fourth-order valence-corrected chi connectivity index (χ4v) is 2.71. The molecule has 0 N–H and O–H groups in total. The van der Waals surface area contributed by atoms with E-state index in [4.69, 9.17) is 5.26 Å². The van der Waals surface area contributed by atoms with Gasteiger partial charge in [-0.05, 0) is 48.6 Å². The fraction of sp³-hybridized carbons (Fsp3) is 0.562. The van der Waals surface area contributed by atoms with E-state index in [9.17, 15) is 0 Å². The maximum atomic E-state index is 8.90. The first-order valence-electron chi connectivity index (χ1n) is 6.70. The molecule has 1 aliphatic carbocycles. The maximum absolute atomic E-state index is 8.90. The summed E-state index contributed by atoms with van der Waals surface area (Å²) in [5, 5.41) is 8.90. The van der Waals surface area contributed by atoms with Gasteiger partial charge in [0, 0.05) is 5.92 Å². The van der Waals surface area contributed by atoms with Crippen LogP contribution in [0.5, 0.6) is 0 Å². The Balaban J connectivity index is 2.02. The first kappa shape index (κ1) is 12.2. The number of nitriles is 1. The smallest absolute Gasteiger partial charge is 0.0655 e. The molecule has 1 heteroatoms. The van der Waals surface area contributed by atoms with Crippen molar-refractivity contribution in [3.05, 3.63) is 35.4 Å². The summed E-state index contributed by atoms with van der Waals surface area (Å²) in [5.74, 6) is 1.60. The Labute approximate surface area is 104 Å². The van der Waals surface area contributed by atoms with E-state index in [1.54, 1.807) is 0 Å². The van der Waals surface area contributed by atoms with Crippen LogP contribution in [0.25, 0.3) is 0 Å². The predicted molar refractivity (Wildman–Crippen MR) is 70.8 cm³/mol. The van der Waals surface area contributed by atoms with E-state index in [1.807, 2.05) is 0 Å². The van der Waals surface area contributed by atoms with Crippen molar-refractivity contribution < 1.29 is 0 Å². The Bertz CT molecular complexity index is 389. The van der Waals surface area contributed by atoms with Gasteiger partial charge in [-0.3, -0.25) is 0 Å². The summed E-state index contributed by atoms with van der Waals surface area (Å²) in [4.78, 5) is 0. The van der Waals surface area contributed by atoms with Gasteiger partial charge in [-0.25, -0.2) is 0 Å². The summed E-state index contributed by atoms with van der Waals surface area (Å²) in [6, 6.07) is 11.5. The minimum Gasteiger partial charge on any atom is -0.198 e. The second-order valence-corrected chi connectivity index (χ2v) is 5.50. The summed E-state index contributed by atoms with van der Waals surface area (Å²) < 4.78 is 0. The van der Waals surface area contributed by atoms with Crippen molar-refractivity contribution >= 4 is 0 Å². The molecule has 2 rings (SSSR count). The number of nitrogens with zero attached hydrogens (tertiary/aromatic N) is 1. The molecule has 1 fully saturated rings. The standard InChI is InChI=1S/C16H21N/c1-12(2)14-7-9-16(10-8-14)15-5-3-13(11-17)4-6-15/h7-10,12-13,15H,3-6H2,1-2H3. The molecule has 1 nitrogen and oxygen atoms in total. The number of hydrogen-bond donors (Lipinski definition) is 0. The molecule has 0 amide bonds. The van der Waals surface area contributed by atoms with Crippen molar-refractivity contribution in [2.75, 3.05) is 0 Å². The first-order chi connectivity index (χ1) is 8.20. The van der Waals surface area contributed by atoms with Gasteiger partial charge in [-0.1, -0.05) is 38.1 Å². The van der Waals surface area contributed by atoms with E-state index in [0.717, 1.165) is 12.8 Å². The van der Waals surface area contributed by atoms with Gasteiger partial charge in [-0.2, -0.15) is 5.26 Å². The van der Waals surface area contributed by atoms with E-state index < -0.39 is 0 Å². The normalized spacial score (nSPS) is 24.6. The largest absolute Gasteiger partial charge is 0.198 e. The molecule has 1 aliphatic rings. The minimum atomic E-state index is 0.307. The van der Waals surface area contributed by atoms with E-state index in [0.29, 0.717) is 17.8 Å². The summed E-state index contributed by atoms with van der Waals surface area (Å²) in [6.07, 6.45) is 4.51. The Morgan fingerprint density at radius 1 is 1.06 bits per heavy atom. The van der Waals surface area contributed by atoms with E-state index in [-0.39, 0.29) is 0 Å². The van der Waals surface area contributed by atoms with Crippen LogP contribution in [0.4, 0.5) is 0 Å². The fourth-order valence-electron chi connectivity index (χ4n) is 2.71. The molecule has 0 atom stereocenters. The zero-order valence-electron chi connectivity index (χ0n) is 10.8. The van der Waals surface area contributed by atoms with Crippen molar-refractivity contribution in [2.45, 2.75) is 51.4 Å². The maximum Gasteiger partial charge on any atom is 0.0655 e. The van der Waals surface area contributed by atoms with Gasteiger partial charge in [0.15, 0.2) is 0 Å². The second-order valence-electron chi connectivity index (χ2n) is 5.50. The van der Waals surface area contributed by atoms with Gasteiger partial charge in [0.1, 0.15) is 0 Å². The third-order valence-corrected chi connectivity index (χ3v) is 3.98. The summed E-state index contributed by atoms with van der Waals surface area (Å²) in [5.41, 5.74) is 2.88. The zero-order valence-corrected chi connectivity index (χ0v) is 10.8. The van der Waals surface area contributed by atoms with Crippen LogP contribution in [-0.4, -0.2) is 0 Å². The average Bonchev–Trinajstić information content (AvgIpc) is 2.39. The lowest BCUT2D eigenvalue weighted by atomic mass is 9.79. The number of rotatable bonds is 2. The van der Waals surface area contributed by atoms with Gasteiger partial charge in [-0.15, -0.1) is 0 Å². The molecule has 0 saturated heterocycles. The van der Waals surface area contributed by atoms with Crippen molar-refractivity contribution in [1.29, 1.82) is 5.26 Å². The summed E-state index contributed by atoms with van der Waals surface area (Å²) in [7, 11) is 0. The first-order valence-corrected chi connectivity index (χ1v) is 6.70. The molecule has 90 valence electrons. The molecule has 0 aromatic heterocycles. The van der Waals surface area contributed by atoms with Crippen LogP contribution >= 0.6 is 0 Å². The zero-order chi connectivity index (χ0) is 12.3. The highest BCUT2D eigenvalue weighted by molar-refractivity contribution is 5.27. The molecule has 0 heterocycles. The van der Waals surface area contributed by atoms with Crippen molar-refractivity contribution in [2.24, 2.45) is 5.92 Å².